The molecule has 0 saturated carbocycles. The zero-order chi connectivity index (χ0) is 16.4. The van der Waals surface area contributed by atoms with Gasteiger partial charge in [-0.3, -0.25) is 9.59 Å². The maximum absolute atomic E-state index is 12.6. The molecular formula is C19H20N2O2. The van der Waals surface area contributed by atoms with Crippen LogP contribution in [0.5, 0.6) is 0 Å². The van der Waals surface area contributed by atoms with Crippen LogP contribution < -0.4 is 10.2 Å². The molecule has 1 heterocycles. The summed E-state index contributed by atoms with van der Waals surface area (Å²) in [5.41, 5.74) is 3.78. The molecule has 4 heteroatoms. The highest BCUT2D eigenvalue weighted by molar-refractivity contribution is 6.13. The Morgan fingerprint density at radius 2 is 1.83 bits per heavy atom. The zero-order valence-electron chi connectivity index (χ0n) is 13.4. The molecule has 0 radical (unpaired) electrons. The molecule has 0 spiro atoms. The Morgan fingerprint density at radius 3 is 2.57 bits per heavy atom. The predicted octanol–water partition coefficient (Wildman–Crippen LogP) is 3.30. The SMILES string of the molecule is Cc1cccc(NC(=O)[C@H]2CCN(c3ccccc3)C2=O)c1C. The van der Waals surface area contributed by atoms with Gasteiger partial charge in [-0.05, 0) is 49.6 Å². The van der Waals surface area contributed by atoms with Gasteiger partial charge in [0.1, 0.15) is 5.92 Å². The van der Waals surface area contributed by atoms with E-state index < -0.39 is 5.92 Å². The van der Waals surface area contributed by atoms with Gasteiger partial charge in [0, 0.05) is 17.9 Å². The quantitative estimate of drug-likeness (QED) is 0.885. The highest BCUT2D eigenvalue weighted by Gasteiger charge is 2.37. The van der Waals surface area contributed by atoms with Crippen LogP contribution in [0.3, 0.4) is 0 Å². The van der Waals surface area contributed by atoms with E-state index in [-0.39, 0.29) is 11.8 Å². The van der Waals surface area contributed by atoms with Crippen molar-refractivity contribution >= 4 is 23.2 Å². The second kappa shape index (κ2) is 6.24. The molecule has 118 valence electrons. The van der Waals surface area contributed by atoms with Crippen LogP contribution in [0.2, 0.25) is 0 Å². The summed E-state index contributed by atoms with van der Waals surface area (Å²) in [5.74, 6) is -0.962. The summed E-state index contributed by atoms with van der Waals surface area (Å²) in [4.78, 5) is 26.7. The van der Waals surface area contributed by atoms with Crippen molar-refractivity contribution in [2.24, 2.45) is 5.92 Å². The van der Waals surface area contributed by atoms with Crippen molar-refractivity contribution < 1.29 is 9.59 Å². The monoisotopic (exact) mass is 308 g/mol. The van der Waals surface area contributed by atoms with Gasteiger partial charge in [-0.15, -0.1) is 0 Å². The molecular weight excluding hydrogens is 288 g/mol. The first kappa shape index (κ1) is 15.3. The minimum absolute atomic E-state index is 0.126. The van der Waals surface area contributed by atoms with Gasteiger partial charge < -0.3 is 10.2 Å². The largest absolute Gasteiger partial charge is 0.325 e. The first-order valence-electron chi connectivity index (χ1n) is 7.81. The van der Waals surface area contributed by atoms with Crippen LogP contribution in [0.25, 0.3) is 0 Å². The van der Waals surface area contributed by atoms with E-state index in [0.717, 1.165) is 22.5 Å². The molecule has 1 atom stereocenters. The molecule has 0 aromatic heterocycles. The minimum atomic E-state index is -0.616. The number of nitrogens with zero attached hydrogens (tertiary/aromatic N) is 1. The third-order valence-corrected chi connectivity index (χ3v) is 4.45. The number of carbonyl (C=O) groups is 2. The van der Waals surface area contributed by atoms with Gasteiger partial charge in [0.25, 0.3) is 0 Å². The molecule has 4 nitrogen and oxygen atoms in total. The van der Waals surface area contributed by atoms with E-state index in [2.05, 4.69) is 5.32 Å². The molecule has 2 amide bonds. The second-order valence-electron chi connectivity index (χ2n) is 5.90. The summed E-state index contributed by atoms with van der Waals surface area (Å²) in [6, 6.07) is 15.3. The summed E-state index contributed by atoms with van der Waals surface area (Å²) < 4.78 is 0. The van der Waals surface area contributed by atoms with Crippen molar-refractivity contribution in [3.8, 4) is 0 Å². The fourth-order valence-electron chi connectivity index (χ4n) is 2.89. The average molecular weight is 308 g/mol. The lowest BCUT2D eigenvalue weighted by molar-refractivity contribution is -0.129. The van der Waals surface area contributed by atoms with Gasteiger partial charge in [0.15, 0.2) is 0 Å². The summed E-state index contributed by atoms with van der Waals surface area (Å²) in [5, 5.41) is 2.91. The van der Waals surface area contributed by atoms with Crippen molar-refractivity contribution in [3.05, 3.63) is 59.7 Å². The van der Waals surface area contributed by atoms with E-state index in [1.165, 1.54) is 0 Å². The number of anilines is 2. The van der Waals surface area contributed by atoms with Crippen molar-refractivity contribution in [1.82, 2.24) is 0 Å². The lowest BCUT2D eigenvalue weighted by atomic mass is 10.1. The van der Waals surface area contributed by atoms with Gasteiger partial charge in [0.2, 0.25) is 11.8 Å². The lowest BCUT2D eigenvalue weighted by Crippen LogP contribution is -2.33. The number of rotatable bonds is 3. The summed E-state index contributed by atoms with van der Waals surface area (Å²) >= 11 is 0. The Kier molecular flexibility index (Phi) is 4.15. The van der Waals surface area contributed by atoms with Gasteiger partial charge in [-0.2, -0.15) is 0 Å². The van der Waals surface area contributed by atoms with E-state index >= 15 is 0 Å². The summed E-state index contributed by atoms with van der Waals surface area (Å²) in [6.07, 6.45) is 0.546. The van der Waals surface area contributed by atoms with E-state index in [1.54, 1.807) is 4.90 Å². The Bertz CT molecular complexity index is 740. The highest BCUT2D eigenvalue weighted by Crippen LogP contribution is 2.27. The van der Waals surface area contributed by atoms with Crippen LogP contribution in [-0.4, -0.2) is 18.4 Å². The smallest absolute Gasteiger partial charge is 0.239 e. The van der Waals surface area contributed by atoms with E-state index in [9.17, 15) is 9.59 Å². The van der Waals surface area contributed by atoms with Crippen molar-refractivity contribution in [3.63, 3.8) is 0 Å². The van der Waals surface area contributed by atoms with Gasteiger partial charge in [0.05, 0.1) is 0 Å². The zero-order valence-corrected chi connectivity index (χ0v) is 13.4. The molecule has 0 aliphatic carbocycles. The summed E-state index contributed by atoms with van der Waals surface area (Å²) in [7, 11) is 0. The summed E-state index contributed by atoms with van der Waals surface area (Å²) in [6.45, 7) is 4.55. The fourth-order valence-corrected chi connectivity index (χ4v) is 2.89. The number of benzene rings is 2. The van der Waals surface area contributed by atoms with Crippen LogP contribution in [-0.2, 0) is 9.59 Å². The van der Waals surface area contributed by atoms with E-state index in [0.29, 0.717) is 13.0 Å². The number of carbonyl (C=O) groups excluding carboxylic acids is 2. The molecule has 3 rings (SSSR count). The molecule has 0 bridgehead atoms. The molecule has 0 unspecified atom stereocenters. The molecule has 1 saturated heterocycles. The highest BCUT2D eigenvalue weighted by atomic mass is 16.2. The minimum Gasteiger partial charge on any atom is -0.325 e. The van der Waals surface area contributed by atoms with Crippen molar-refractivity contribution in [2.75, 3.05) is 16.8 Å². The van der Waals surface area contributed by atoms with Gasteiger partial charge in [-0.25, -0.2) is 0 Å². The number of amides is 2. The Labute approximate surface area is 136 Å². The molecule has 23 heavy (non-hydrogen) atoms. The number of nitrogens with one attached hydrogen (secondary N) is 1. The topological polar surface area (TPSA) is 49.4 Å². The number of hydrogen-bond acceptors (Lipinski definition) is 2. The number of hydrogen-bond donors (Lipinski definition) is 1. The molecule has 2 aromatic carbocycles. The molecule has 2 aromatic rings. The van der Waals surface area contributed by atoms with Crippen LogP contribution >= 0.6 is 0 Å². The van der Waals surface area contributed by atoms with Crippen molar-refractivity contribution in [1.29, 1.82) is 0 Å². The Morgan fingerprint density at radius 1 is 1.09 bits per heavy atom. The van der Waals surface area contributed by atoms with Gasteiger partial charge in [-0.1, -0.05) is 30.3 Å². The van der Waals surface area contributed by atoms with Gasteiger partial charge >= 0.3 is 0 Å². The third-order valence-electron chi connectivity index (χ3n) is 4.45. The number of para-hydroxylation sites is 1. The van der Waals surface area contributed by atoms with E-state index in [1.807, 2.05) is 62.4 Å². The fraction of sp³-hybridized carbons (Fsp3) is 0.263. The van der Waals surface area contributed by atoms with Crippen LogP contribution in [0.15, 0.2) is 48.5 Å². The predicted molar refractivity (Wildman–Crippen MR) is 91.4 cm³/mol. The van der Waals surface area contributed by atoms with E-state index in [4.69, 9.17) is 0 Å². The maximum atomic E-state index is 12.6. The molecule has 1 N–H and O–H groups in total. The normalized spacial score (nSPS) is 17.4. The molecule has 1 aliphatic rings. The standard InChI is InChI=1S/C19H20N2O2/c1-13-7-6-10-17(14(13)2)20-18(22)16-11-12-21(19(16)23)15-8-4-3-5-9-15/h3-10,16H,11-12H2,1-2H3,(H,20,22)/t16-/m1/s1. The lowest BCUT2D eigenvalue weighted by Gasteiger charge is -2.17. The Hall–Kier alpha value is -2.62. The maximum Gasteiger partial charge on any atom is 0.239 e. The van der Waals surface area contributed by atoms with Crippen LogP contribution in [0.1, 0.15) is 17.5 Å². The second-order valence-corrected chi connectivity index (χ2v) is 5.90. The first-order chi connectivity index (χ1) is 11.1. The first-order valence-corrected chi connectivity index (χ1v) is 7.81. The van der Waals surface area contributed by atoms with Crippen LogP contribution in [0, 0.1) is 19.8 Å². The van der Waals surface area contributed by atoms with Crippen LogP contribution in [0.4, 0.5) is 11.4 Å². The Balaban J connectivity index is 1.74. The molecule has 1 fully saturated rings. The number of aryl methyl sites for hydroxylation is 1. The third kappa shape index (κ3) is 2.97. The van der Waals surface area contributed by atoms with Crippen molar-refractivity contribution in [2.45, 2.75) is 20.3 Å². The molecule has 1 aliphatic heterocycles. The average Bonchev–Trinajstić information content (AvgIpc) is 2.94.